The quantitative estimate of drug-likeness (QED) is 0.631. The number of rotatable bonds is 7. The van der Waals surface area contributed by atoms with Gasteiger partial charge in [-0.05, 0) is 25.7 Å². The Bertz CT molecular complexity index is 170. The van der Waals surface area contributed by atoms with Gasteiger partial charge in [-0.2, -0.15) is 0 Å². The van der Waals surface area contributed by atoms with E-state index in [1.54, 1.807) is 0 Å². The largest absolute Gasteiger partial charge is 0.396 e. The minimum atomic E-state index is -0.188. The number of aliphatic hydroxyl groups excluding tert-OH is 2. The minimum absolute atomic E-state index is 0.188. The van der Waals surface area contributed by atoms with Crippen LogP contribution >= 0.6 is 0 Å². The van der Waals surface area contributed by atoms with Gasteiger partial charge in [0.1, 0.15) is 0 Å². The molecule has 4 nitrogen and oxygen atoms in total. The molecule has 1 heterocycles. The van der Waals surface area contributed by atoms with E-state index in [2.05, 4.69) is 4.90 Å². The van der Waals surface area contributed by atoms with Crippen molar-refractivity contribution in [1.82, 2.24) is 4.90 Å². The summed E-state index contributed by atoms with van der Waals surface area (Å²) in [7, 11) is 0. The van der Waals surface area contributed by atoms with Gasteiger partial charge in [-0.15, -0.1) is 0 Å². The minimum Gasteiger partial charge on any atom is -0.396 e. The molecule has 1 unspecified atom stereocenters. The Labute approximate surface area is 98.2 Å². The van der Waals surface area contributed by atoms with E-state index in [-0.39, 0.29) is 12.7 Å². The standard InChI is InChI=1S/C12H25NO3/c1-2-11(15)10-13-6-4-12(5-7-13)16-9-3-8-14/h11-12,14-15H,2-10H2,1H3. The number of nitrogens with zero attached hydrogens (tertiary/aromatic N) is 1. The Kier molecular flexibility index (Phi) is 6.96. The first-order valence-electron chi connectivity index (χ1n) is 6.39. The van der Waals surface area contributed by atoms with Crippen LogP contribution in [-0.4, -0.2) is 60.2 Å². The molecular weight excluding hydrogens is 206 g/mol. The summed E-state index contributed by atoms with van der Waals surface area (Å²) >= 11 is 0. The van der Waals surface area contributed by atoms with Gasteiger partial charge in [0.2, 0.25) is 0 Å². The summed E-state index contributed by atoms with van der Waals surface area (Å²) in [6.07, 6.45) is 3.80. The number of hydrogen-bond donors (Lipinski definition) is 2. The molecular formula is C12H25NO3. The van der Waals surface area contributed by atoms with Crippen molar-refractivity contribution in [2.75, 3.05) is 32.8 Å². The number of hydrogen-bond acceptors (Lipinski definition) is 4. The lowest BCUT2D eigenvalue weighted by molar-refractivity contribution is -0.00652. The Morgan fingerprint density at radius 1 is 1.38 bits per heavy atom. The summed E-state index contributed by atoms with van der Waals surface area (Å²) in [5, 5.41) is 18.2. The van der Waals surface area contributed by atoms with Crippen LogP contribution in [0.15, 0.2) is 0 Å². The molecule has 0 aromatic carbocycles. The molecule has 16 heavy (non-hydrogen) atoms. The topological polar surface area (TPSA) is 52.9 Å². The van der Waals surface area contributed by atoms with Gasteiger partial charge in [0.15, 0.2) is 0 Å². The van der Waals surface area contributed by atoms with E-state index in [1.807, 2.05) is 6.92 Å². The molecule has 0 amide bonds. The van der Waals surface area contributed by atoms with E-state index >= 15 is 0 Å². The number of aliphatic hydroxyl groups is 2. The number of β-amino-alcohol motifs (C(OH)–C–C–N with tert-alkyl or cyclic N) is 1. The van der Waals surface area contributed by atoms with Crippen LogP contribution < -0.4 is 0 Å². The zero-order chi connectivity index (χ0) is 11.8. The zero-order valence-corrected chi connectivity index (χ0v) is 10.3. The van der Waals surface area contributed by atoms with Crippen molar-refractivity contribution in [1.29, 1.82) is 0 Å². The molecule has 0 aliphatic carbocycles. The van der Waals surface area contributed by atoms with Crippen molar-refractivity contribution < 1.29 is 14.9 Å². The van der Waals surface area contributed by atoms with Crippen molar-refractivity contribution in [3.63, 3.8) is 0 Å². The smallest absolute Gasteiger partial charge is 0.0664 e. The van der Waals surface area contributed by atoms with E-state index in [0.717, 1.165) is 45.3 Å². The highest BCUT2D eigenvalue weighted by molar-refractivity contribution is 4.74. The highest BCUT2D eigenvalue weighted by Crippen LogP contribution is 2.14. The second-order valence-corrected chi connectivity index (χ2v) is 4.51. The maximum Gasteiger partial charge on any atom is 0.0664 e. The van der Waals surface area contributed by atoms with Crippen LogP contribution in [0.25, 0.3) is 0 Å². The Morgan fingerprint density at radius 3 is 2.62 bits per heavy atom. The molecule has 1 aliphatic rings. The molecule has 0 aromatic rings. The Morgan fingerprint density at radius 2 is 2.06 bits per heavy atom. The summed E-state index contributed by atoms with van der Waals surface area (Å²) < 4.78 is 5.65. The normalized spacial score (nSPS) is 21.2. The van der Waals surface area contributed by atoms with Crippen LogP contribution in [0.3, 0.4) is 0 Å². The second-order valence-electron chi connectivity index (χ2n) is 4.51. The first-order chi connectivity index (χ1) is 7.76. The van der Waals surface area contributed by atoms with Gasteiger partial charge in [-0.25, -0.2) is 0 Å². The van der Waals surface area contributed by atoms with Gasteiger partial charge in [-0.1, -0.05) is 6.92 Å². The van der Waals surface area contributed by atoms with Crippen LogP contribution in [0.1, 0.15) is 32.6 Å². The predicted octanol–water partition coefficient (Wildman–Crippen LogP) is 0.621. The summed E-state index contributed by atoms with van der Waals surface area (Å²) in [5.74, 6) is 0. The molecule has 1 atom stereocenters. The van der Waals surface area contributed by atoms with E-state index in [0.29, 0.717) is 12.7 Å². The lowest BCUT2D eigenvalue weighted by Gasteiger charge is -2.32. The fourth-order valence-corrected chi connectivity index (χ4v) is 2.00. The molecule has 0 saturated carbocycles. The first-order valence-corrected chi connectivity index (χ1v) is 6.39. The molecule has 4 heteroatoms. The van der Waals surface area contributed by atoms with Gasteiger partial charge >= 0.3 is 0 Å². The summed E-state index contributed by atoms with van der Waals surface area (Å²) in [4.78, 5) is 2.31. The summed E-state index contributed by atoms with van der Waals surface area (Å²) in [6.45, 7) is 5.71. The van der Waals surface area contributed by atoms with E-state index in [4.69, 9.17) is 9.84 Å². The fraction of sp³-hybridized carbons (Fsp3) is 1.00. The van der Waals surface area contributed by atoms with Gasteiger partial charge in [0.05, 0.1) is 12.2 Å². The van der Waals surface area contributed by atoms with Crippen molar-refractivity contribution >= 4 is 0 Å². The molecule has 0 aromatic heterocycles. The monoisotopic (exact) mass is 231 g/mol. The van der Waals surface area contributed by atoms with Crippen molar-refractivity contribution in [2.24, 2.45) is 0 Å². The second kappa shape index (κ2) is 8.01. The highest BCUT2D eigenvalue weighted by Gasteiger charge is 2.20. The number of likely N-dealkylation sites (tertiary alicyclic amines) is 1. The molecule has 0 bridgehead atoms. The molecule has 2 N–H and O–H groups in total. The zero-order valence-electron chi connectivity index (χ0n) is 10.3. The van der Waals surface area contributed by atoms with Gasteiger partial charge in [0.25, 0.3) is 0 Å². The van der Waals surface area contributed by atoms with Gasteiger partial charge in [-0.3, -0.25) is 0 Å². The lowest BCUT2D eigenvalue weighted by atomic mass is 10.1. The van der Waals surface area contributed by atoms with Crippen molar-refractivity contribution in [3.05, 3.63) is 0 Å². The number of ether oxygens (including phenoxy) is 1. The maximum atomic E-state index is 9.55. The molecule has 1 rings (SSSR count). The first kappa shape index (κ1) is 13.9. The average Bonchev–Trinajstić information content (AvgIpc) is 2.31. The van der Waals surface area contributed by atoms with Crippen molar-refractivity contribution in [3.8, 4) is 0 Å². The van der Waals surface area contributed by atoms with Crippen LogP contribution in [-0.2, 0) is 4.74 Å². The molecule has 1 saturated heterocycles. The van der Waals surface area contributed by atoms with E-state index in [9.17, 15) is 5.11 Å². The van der Waals surface area contributed by atoms with Crippen LogP contribution in [0.5, 0.6) is 0 Å². The Balaban J connectivity index is 2.08. The molecule has 1 aliphatic heterocycles. The van der Waals surface area contributed by atoms with E-state index in [1.165, 1.54) is 0 Å². The van der Waals surface area contributed by atoms with Crippen molar-refractivity contribution in [2.45, 2.75) is 44.8 Å². The molecule has 0 spiro atoms. The Hall–Kier alpha value is -0.160. The third-order valence-corrected chi connectivity index (χ3v) is 3.13. The maximum absolute atomic E-state index is 9.55. The number of piperidine rings is 1. The van der Waals surface area contributed by atoms with E-state index < -0.39 is 0 Å². The van der Waals surface area contributed by atoms with Crippen LogP contribution in [0, 0.1) is 0 Å². The predicted molar refractivity (Wildman–Crippen MR) is 63.4 cm³/mol. The molecule has 1 fully saturated rings. The summed E-state index contributed by atoms with van der Waals surface area (Å²) in [5.41, 5.74) is 0. The lowest BCUT2D eigenvalue weighted by Crippen LogP contribution is -2.41. The fourth-order valence-electron chi connectivity index (χ4n) is 2.00. The van der Waals surface area contributed by atoms with Gasteiger partial charge < -0.3 is 19.8 Å². The summed E-state index contributed by atoms with van der Waals surface area (Å²) in [6, 6.07) is 0. The highest BCUT2D eigenvalue weighted by atomic mass is 16.5. The van der Waals surface area contributed by atoms with Crippen LogP contribution in [0.2, 0.25) is 0 Å². The molecule has 0 radical (unpaired) electrons. The third kappa shape index (κ3) is 5.25. The average molecular weight is 231 g/mol. The SMILES string of the molecule is CCC(O)CN1CCC(OCCCO)CC1. The van der Waals surface area contributed by atoms with Crippen LogP contribution in [0.4, 0.5) is 0 Å². The molecule has 96 valence electrons. The third-order valence-electron chi connectivity index (χ3n) is 3.13. The van der Waals surface area contributed by atoms with Gasteiger partial charge in [0, 0.05) is 32.8 Å².